The SMILES string of the molecule is CCCC(CC1CCCC1)C(=O)NCCCN. The molecular formula is C14H28N2O. The fraction of sp³-hybridized carbons (Fsp3) is 0.929. The molecule has 0 bridgehead atoms. The second kappa shape index (κ2) is 8.51. The van der Waals surface area contributed by atoms with Crippen molar-refractivity contribution in [3.63, 3.8) is 0 Å². The van der Waals surface area contributed by atoms with Crippen LogP contribution in [0.4, 0.5) is 0 Å². The third-order valence-electron chi connectivity index (χ3n) is 3.78. The molecule has 0 heterocycles. The molecule has 0 aromatic carbocycles. The summed E-state index contributed by atoms with van der Waals surface area (Å²) in [7, 11) is 0. The standard InChI is InChI=1S/C14H28N2O/c1-2-6-13(11-12-7-3-4-8-12)14(17)16-10-5-9-15/h12-13H,2-11,15H2,1H3,(H,16,17). The van der Waals surface area contributed by atoms with E-state index in [-0.39, 0.29) is 11.8 Å². The van der Waals surface area contributed by atoms with Gasteiger partial charge >= 0.3 is 0 Å². The zero-order chi connectivity index (χ0) is 12.5. The van der Waals surface area contributed by atoms with Gasteiger partial charge in [-0.1, -0.05) is 39.0 Å². The Kier molecular flexibility index (Phi) is 7.25. The molecule has 3 heteroatoms. The van der Waals surface area contributed by atoms with Gasteiger partial charge in [0.05, 0.1) is 0 Å². The van der Waals surface area contributed by atoms with Crippen LogP contribution in [0.25, 0.3) is 0 Å². The van der Waals surface area contributed by atoms with Gasteiger partial charge in [-0.05, 0) is 31.7 Å². The molecule has 0 saturated heterocycles. The Morgan fingerprint density at radius 2 is 2.12 bits per heavy atom. The van der Waals surface area contributed by atoms with Gasteiger partial charge in [-0.15, -0.1) is 0 Å². The molecule has 100 valence electrons. The van der Waals surface area contributed by atoms with Crippen LogP contribution in [0.1, 0.15) is 58.3 Å². The first-order valence-corrected chi connectivity index (χ1v) is 7.25. The highest BCUT2D eigenvalue weighted by Gasteiger charge is 2.24. The Morgan fingerprint density at radius 1 is 1.41 bits per heavy atom. The first kappa shape index (κ1) is 14.5. The molecule has 1 atom stereocenters. The molecule has 0 radical (unpaired) electrons. The molecule has 0 aromatic rings. The number of hydrogen-bond acceptors (Lipinski definition) is 2. The number of carbonyl (C=O) groups excluding carboxylic acids is 1. The Hall–Kier alpha value is -0.570. The molecule has 0 aliphatic heterocycles. The molecule has 1 aliphatic rings. The third-order valence-corrected chi connectivity index (χ3v) is 3.78. The van der Waals surface area contributed by atoms with Crippen molar-refractivity contribution in [1.29, 1.82) is 0 Å². The predicted molar refractivity (Wildman–Crippen MR) is 71.7 cm³/mol. The minimum absolute atomic E-state index is 0.237. The van der Waals surface area contributed by atoms with E-state index in [1.807, 2.05) is 0 Å². The molecule has 1 amide bonds. The third kappa shape index (κ3) is 5.53. The van der Waals surface area contributed by atoms with Crippen molar-refractivity contribution in [2.45, 2.75) is 58.3 Å². The summed E-state index contributed by atoms with van der Waals surface area (Å²) in [6.07, 6.45) is 9.49. The van der Waals surface area contributed by atoms with Crippen LogP contribution in [0.15, 0.2) is 0 Å². The second-order valence-electron chi connectivity index (χ2n) is 5.31. The normalized spacial score (nSPS) is 18.2. The summed E-state index contributed by atoms with van der Waals surface area (Å²) in [5, 5.41) is 3.02. The van der Waals surface area contributed by atoms with E-state index in [9.17, 15) is 4.79 Å². The number of carbonyl (C=O) groups is 1. The summed E-state index contributed by atoms with van der Waals surface area (Å²) in [5.41, 5.74) is 5.43. The van der Waals surface area contributed by atoms with Crippen LogP contribution in [-0.4, -0.2) is 19.0 Å². The summed E-state index contributed by atoms with van der Waals surface area (Å²) < 4.78 is 0. The quantitative estimate of drug-likeness (QED) is 0.640. The van der Waals surface area contributed by atoms with Crippen LogP contribution in [0, 0.1) is 11.8 Å². The molecule has 17 heavy (non-hydrogen) atoms. The van der Waals surface area contributed by atoms with Gasteiger partial charge in [0, 0.05) is 12.5 Å². The number of amides is 1. The summed E-state index contributed by atoms with van der Waals surface area (Å²) in [5.74, 6) is 1.29. The lowest BCUT2D eigenvalue weighted by molar-refractivity contribution is -0.125. The van der Waals surface area contributed by atoms with E-state index >= 15 is 0 Å². The van der Waals surface area contributed by atoms with E-state index < -0.39 is 0 Å². The Balaban J connectivity index is 2.31. The van der Waals surface area contributed by atoms with Crippen molar-refractivity contribution in [1.82, 2.24) is 5.32 Å². The largest absolute Gasteiger partial charge is 0.356 e. The molecule has 1 saturated carbocycles. The second-order valence-corrected chi connectivity index (χ2v) is 5.31. The first-order chi connectivity index (χ1) is 8.27. The molecule has 0 spiro atoms. The number of rotatable bonds is 8. The van der Waals surface area contributed by atoms with E-state index in [1.54, 1.807) is 0 Å². The fourth-order valence-corrected chi connectivity index (χ4v) is 2.81. The Bertz CT molecular complexity index is 212. The number of hydrogen-bond donors (Lipinski definition) is 2. The van der Waals surface area contributed by atoms with Crippen LogP contribution >= 0.6 is 0 Å². The molecule has 3 N–H and O–H groups in total. The van der Waals surface area contributed by atoms with Gasteiger partial charge in [0.15, 0.2) is 0 Å². The van der Waals surface area contributed by atoms with Gasteiger partial charge in [0.2, 0.25) is 5.91 Å². The topological polar surface area (TPSA) is 55.1 Å². The summed E-state index contributed by atoms with van der Waals surface area (Å²) in [6.45, 7) is 3.55. The zero-order valence-corrected chi connectivity index (χ0v) is 11.2. The highest BCUT2D eigenvalue weighted by molar-refractivity contribution is 5.78. The van der Waals surface area contributed by atoms with Crippen molar-refractivity contribution in [2.24, 2.45) is 17.6 Å². The molecule has 1 aliphatic carbocycles. The van der Waals surface area contributed by atoms with Crippen LogP contribution in [0.3, 0.4) is 0 Å². The maximum atomic E-state index is 12.0. The van der Waals surface area contributed by atoms with Crippen molar-refractivity contribution in [2.75, 3.05) is 13.1 Å². The van der Waals surface area contributed by atoms with Gasteiger partial charge < -0.3 is 11.1 Å². The lowest BCUT2D eigenvalue weighted by atomic mass is 9.89. The van der Waals surface area contributed by atoms with Gasteiger partial charge in [-0.3, -0.25) is 4.79 Å². The van der Waals surface area contributed by atoms with Crippen molar-refractivity contribution < 1.29 is 4.79 Å². The van der Waals surface area contributed by atoms with Crippen LogP contribution in [0.5, 0.6) is 0 Å². The Labute approximate surface area is 106 Å². The number of nitrogens with one attached hydrogen (secondary N) is 1. The monoisotopic (exact) mass is 240 g/mol. The van der Waals surface area contributed by atoms with E-state index in [1.165, 1.54) is 25.7 Å². The van der Waals surface area contributed by atoms with Gasteiger partial charge in [-0.25, -0.2) is 0 Å². The van der Waals surface area contributed by atoms with Crippen LogP contribution in [-0.2, 0) is 4.79 Å². The Morgan fingerprint density at radius 3 is 2.71 bits per heavy atom. The minimum atomic E-state index is 0.237. The van der Waals surface area contributed by atoms with Crippen LogP contribution in [0.2, 0.25) is 0 Å². The highest BCUT2D eigenvalue weighted by atomic mass is 16.1. The lowest BCUT2D eigenvalue weighted by Gasteiger charge is -2.19. The van der Waals surface area contributed by atoms with E-state index in [4.69, 9.17) is 5.73 Å². The zero-order valence-electron chi connectivity index (χ0n) is 11.2. The molecule has 1 rings (SSSR count). The fourth-order valence-electron chi connectivity index (χ4n) is 2.81. The van der Waals surface area contributed by atoms with E-state index in [0.717, 1.165) is 38.1 Å². The average Bonchev–Trinajstić information content (AvgIpc) is 2.81. The predicted octanol–water partition coefficient (Wildman–Crippen LogP) is 2.45. The molecule has 1 fully saturated rings. The van der Waals surface area contributed by atoms with Gasteiger partial charge in [-0.2, -0.15) is 0 Å². The molecular weight excluding hydrogens is 212 g/mol. The van der Waals surface area contributed by atoms with Crippen molar-refractivity contribution in [3.05, 3.63) is 0 Å². The smallest absolute Gasteiger partial charge is 0.223 e. The average molecular weight is 240 g/mol. The summed E-state index contributed by atoms with van der Waals surface area (Å²) >= 11 is 0. The van der Waals surface area contributed by atoms with Gasteiger partial charge in [0.25, 0.3) is 0 Å². The summed E-state index contributed by atoms with van der Waals surface area (Å²) in [6, 6.07) is 0. The number of nitrogens with two attached hydrogens (primary N) is 1. The van der Waals surface area contributed by atoms with Crippen LogP contribution < -0.4 is 11.1 Å². The lowest BCUT2D eigenvalue weighted by Crippen LogP contribution is -2.33. The van der Waals surface area contributed by atoms with Crippen molar-refractivity contribution >= 4 is 5.91 Å². The highest BCUT2D eigenvalue weighted by Crippen LogP contribution is 2.31. The minimum Gasteiger partial charge on any atom is -0.356 e. The van der Waals surface area contributed by atoms with E-state index in [0.29, 0.717) is 6.54 Å². The molecule has 0 aromatic heterocycles. The maximum Gasteiger partial charge on any atom is 0.223 e. The first-order valence-electron chi connectivity index (χ1n) is 7.25. The molecule has 3 nitrogen and oxygen atoms in total. The van der Waals surface area contributed by atoms with E-state index in [2.05, 4.69) is 12.2 Å². The summed E-state index contributed by atoms with van der Waals surface area (Å²) in [4.78, 5) is 12.0. The van der Waals surface area contributed by atoms with Gasteiger partial charge in [0.1, 0.15) is 0 Å². The van der Waals surface area contributed by atoms with Crippen molar-refractivity contribution in [3.8, 4) is 0 Å². The molecule has 1 unspecified atom stereocenters. The maximum absolute atomic E-state index is 12.0.